The SMILES string of the molecule is CCP(=O)(Oc1cc(O)ccc1N)Oc1cc(O)ccc1N. The van der Waals surface area contributed by atoms with Crippen LogP contribution < -0.4 is 20.5 Å². The molecule has 0 atom stereocenters. The van der Waals surface area contributed by atoms with Crippen molar-refractivity contribution in [1.82, 2.24) is 0 Å². The van der Waals surface area contributed by atoms with Crippen LogP contribution in [0.15, 0.2) is 36.4 Å². The van der Waals surface area contributed by atoms with Gasteiger partial charge in [0.05, 0.1) is 17.5 Å². The van der Waals surface area contributed by atoms with Crippen LogP contribution in [-0.2, 0) is 4.57 Å². The predicted molar refractivity (Wildman–Crippen MR) is 84.4 cm³/mol. The van der Waals surface area contributed by atoms with E-state index in [4.69, 9.17) is 20.5 Å². The van der Waals surface area contributed by atoms with Crippen LogP contribution in [0, 0.1) is 0 Å². The van der Waals surface area contributed by atoms with Crippen molar-refractivity contribution in [3.63, 3.8) is 0 Å². The summed E-state index contributed by atoms with van der Waals surface area (Å²) >= 11 is 0. The third-order valence-electron chi connectivity index (χ3n) is 2.86. The van der Waals surface area contributed by atoms with Crippen molar-refractivity contribution < 1.29 is 23.8 Å². The zero-order chi connectivity index (χ0) is 16.3. The fraction of sp³-hybridized carbons (Fsp3) is 0.143. The summed E-state index contributed by atoms with van der Waals surface area (Å²) in [4.78, 5) is 0. The van der Waals surface area contributed by atoms with Crippen LogP contribution in [-0.4, -0.2) is 16.4 Å². The fourth-order valence-corrected chi connectivity index (χ4v) is 2.86. The number of nitrogen functional groups attached to an aromatic ring is 2. The second-order valence-electron chi connectivity index (χ2n) is 4.55. The second kappa shape index (κ2) is 6.07. The Morgan fingerprint density at radius 1 is 0.955 bits per heavy atom. The van der Waals surface area contributed by atoms with Gasteiger partial charge in [-0.3, -0.25) is 0 Å². The number of phenolic OH excluding ortho intramolecular Hbond substituents is 2. The van der Waals surface area contributed by atoms with E-state index in [1.807, 2.05) is 0 Å². The lowest BCUT2D eigenvalue weighted by molar-refractivity contribution is 0.386. The molecular weight excluding hydrogens is 307 g/mol. The Labute approximate surface area is 127 Å². The van der Waals surface area contributed by atoms with Gasteiger partial charge in [0, 0.05) is 12.1 Å². The third-order valence-corrected chi connectivity index (χ3v) is 4.58. The van der Waals surface area contributed by atoms with Crippen molar-refractivity contribution in [1.29, 1.82) is 0 Å². The van der Waals surface area contributed by atoms with E-state index in [0.29, 0.717) is 0 Å². The number of rotatable bonds is 5. The van der Waals surface area contributed by atoms with E-state index in [-0.39, 0.29) is 40.5 Å². The van der Waals surface area contributed by atoms with Gasteiger partial charge in [-0.2, -0.15) is 0 Å². The standard InChI is InChI=1S/C14H17N2O5P/c1-2-22(19,20-13-7-9(17)3-5-11(13)15)21-14-8-10(18)4-6-12(14)16/h3-8,17-18H,2,15-16H2,1H3. The van der Waals surface area contributed by atoms with Gasteiger partial charge in [-0.25, -0.2) is 4.57 Å². The molecule has 0 bridgehead atoms. The maximum absolute atomic E-state index is 12.7. The van der Waals surface area contributed by atoms with Gasteiger partial charge in [0.2, 0.25) is 0 Å². The lowest BCUT2D eigenvalue weighted by atomic mass is 10.3. The van der Waals surface area contributed by atoms with Crippen molar-refractivity contribution in [2.45, 2.75) is 6.92 Å². The normalized spacial score (nSPS) is 11.1. The third kappa shape index (κ3) is 3.56. The molecule has 0 amide bonds. The van der Waals surface area contributed by atoms with Crippen LogP contribution >= 0.6 is 7.60 Å². The molecule has 118 valence electrons. The van der Waals surface area contributed by atoms with Gasteiger partial charge in [0.25, 0.3) is 0 Å². The van der Waals surface area contributed by atoms with Gasteiger partial charge in [-0.15, -0.1) is 0 Å². The predicted octanol–water partition coefficient (Wildman–Crippen LogP) is 2.93. The van der Waals surface area contributed by atoms with Crippen LogP contribution in [0.5, 0.6) is 23.0 Å². The molecule has 0 heterocycles. The quantitative estimate of drug-likeness (QED) is 0.378. The molecule has 0 aliphatic heterocycles. The Kier molecular flexibility index (Phi) is 4.37. The van der Waals surface area contributed by atoms with E-state index in [1.165, 1.54) is 36.4 Å². The number of anilines is 2. The molecule has 2 aromatic carbocycles. The minimum atomic E-state index is -3.62. The zero-order valence-electron chi connectivity index (χ0n) is 11.9. The first kappa shape index (κ1) is 15.9. The Hall–Kier alpha value is -2.53. The monoisotopic (exact) mass is 324 g/mol. The molecule has 22 heavy (non-hydrogen) atoms. The minimum Gasteiger partial charge on any atom is -0.508 e. The molecule has 2 aromatic rings. The van der Waals surface area contributed by atoms with E-state index < -0.39 is 7.60 Å². The largest absolute Gasteiger partial charge is 0.508 e. The number of hydrogen-bond donors (Lipinski definition) is 4. The maximum Gasteiger partial charge on any atom is 0.430 e. The molecule has 0 fully saturated rings. The summed E-state index contributed by atoms with van der Waals surface area (Å²) in [5.74, 6) is -0.0692. The lowest BCUT2D eigenvalue weighted by Gasteiger charge is -2.20. The number of hydrogen-bond acceptors (Lipinski definition) is 7. The highest BCUT2D eigenvalue weighted by Gasteiger charge is 2.27. The van der Waals surface area contributed by atoms with Crippen molar-refractivity contribution in [3.05, 3.63) is 36.4 Å². The van der Waals surface area contributed by atoms with Crippen molar-refractivity contribution in [3.8, 4) is 23.0 Å². The summed E-state index contributed by atoms with van der Waals surface area (Å²) in [6, 6.07) is 8.10. The average molecular weight is 324 g/mol. The summed E-state index contributed by atoms with van der Waals surface area (Å²) in [7, 11) is -3.62. The van der Waals surface area contributed by atoms with E-state index in [1.54, 1.807) is 6.92 Å². The van der Waals surface area contributed by atoms with Crippen LogP contribution in [0.4, 0.5) is 11.4 Å². The first-order valence-corrected chi connectivity index (χ1v) is 8.21. The molecular formula is C14H17N2O5P. The van der Waals surface area contributed by atoms with Gasteiger partial charge in [0.15, 0.2) is 11.5 Å². The molecule has 6 N–H and O–H groups in total. The molecule has 0 aliphatic rings. The molecule has 0 radical (unpaired) electrons. The Bertz CT molecular complexity index is 678. The Morgan fingerprint density at radius 2 is 1.36 bits per heavy atom. The highest BCUT2D eigenvalue weighted by Crippen LogP contribution is 2.51. The molecule has 0 aliphatic carbocycles. The zero-order valence-corrected chi connectivity index (χ0v) is 12.8. The molecule has 0 saturated heterocycles. The number of nitrogens with two attached hydrogens (primary N) is 2. The van der Waals surface area contributed by atoms with Crippen LogP contribution in [0.3, 0.4) is 0 Å². The van der Waals surface area contributed by atoms with Gasteiger partial charge < -0.3 is 30.7 Å². The summed E-state index contributed by atoms with van der Waals surface area (Å²) < 4.78 is 23.5. The van der Waals surface area contributed by atoms with Gasteiger partial charge in [-0.05, 0) is 24.3 Å². The molecule has 0 spiro atoms. The van der Waals surface area contributed by atoms with Crippen LogP contribution in [0.1, 0.15) is 6.92 Å². The van der Waals surface area contributed by atoms with Crippen molar-refractivity contribution in [2.24, 2.45) is 0 Å². The van der Waals surface area contributed by atoms with Crippen LogP contribution in [0.25, 0.3) is 0 Å². The van der Waals surface area contributed by atoms with Gasteiger partial charge >= 0.3 is 7.60 Å². The number of benzene rings is 2. The van der Waals surface area contributed by atoms with E-state index >= 15 is 0 Å². The molecule has 0 aromatic heterocycles. The molecule has 0 unspecified atom stereocenters. The van der Waals surface area contributed by atoms with Gasteiger partial charge in [0.1, 0.15) is 11.5 Å². The van der Waals surface area contributed by atoms with Gasteiger partial charge in [-0.1, -0.05) is 6.92 Å². The second-order valence-corrected chi connectivity index (χ2v) is 6.77. The Morgan fingerprint density at radius 3 is 1.73 bits per heavy atom. The van der Waals surface area contributed by atoms with Crippen molar-refractivity contribution in [2.75, 3.05) is 17.6 Å². The highest BCUT2D eigenvalue weighted by molar-refractivity contribution is 7.54. The van der Waals surface area contributed by atoms with E-state index in [2.05, 4.69) is 0 Å². The first-order chi connectivity index (χ1) is 10.3. The Balaban J connectivity index is 2.30. The highest BCUT2D eigenvalue weighted by atomic mass is 31.2. The minimum absolute atomic E-state index is 0.0389. The fourth-order valence-electron chi connectivity index (χ4n) is 1.65. The molecule has 2 rings (SSSR count). The van der Waals surface area contributed by atoms with E-state index in [0.717, 1.165) is 0 Å². The van der Waals surface area contributed by atoms with E-state index in [9.17, 15) is 14.8 Å². The molecule has 8 heteroatoms. The maximum atomic E-state index is 12.7. The topological polar surface area (TPSA) is 128 Å². The first-order valence-electron chi connectivity index (χ1n) is 6.48. The molecule has 7 nitrogen and oxygen atoms in total. The summed E-state index contributed by atoms with van der Waals surface area (Å²) in [6.07, 6.45) is 0.0389. The number of aromatic hydroxyl groups is 2. The van der Waals surface area contributed by atoms with Crippen molar-refractivity contribution >= 4 is 19.0 Å². The number of phenols is 2. The smallest absolute Gasteiger partial charge is 0.430 e. The average Bonchev–Trinajstić information content (AvgIpc) is 2.47. The summed E-state index contributed by atoms with van der Waals surface area (Å²) in [6.45, 7) is 1.61. The molecule has 0 saturated carbocycles. The summed E-state index contributed by atoms with van der Waals surface area (Å²) in [5, 5.41) is 18.9. The summed E-state index contributed by atoms with van der Waals surface area (Å²) in [5.41, 5.74) is 11.9. The lowest BCUT2D eigenvalue weighted by Crippen LogP contribution is -2.06. The van der Waals surface area contributed by atoms with Crippen LogP contribution in [0.2, 0.25) is 0 Å².